The minimum Gasteiger partial charge on any atom is -0.495 e. The SMILES string of the molecule is COc1ccccc1NC(=O)Nc1cccc(Br)n1. The highest BCUT2D eigenvalue weighted by Gasteiger charge is 2.07. The lowest BCUT2D eigenvalue weighted by Crippen LogP contribution is -2.20. The number of hydrogen-bond donors (Lipinski definition) is 2. The number of urea groups is 1. The third-order valence-electron chi connectivity index (χ3n) is 2.31. The van der Waals surface area contributed by atoms with Crippen LogP contribution in [-0.2, 0) is 0 Å². The van der Waals surface area contributed by atoms with Gasteiger partial charge >= 0.3 is 6.03 Å². The van der Waals surface area contributed by atoms with E-state index in [4.69, 9.17) is 4.74 Å². The number of amides is 2. The number of pyridine rings is 1. The van der Waals surface area contributed by atoms with Crippen LogP contribution in [0.25, 0.3) is 0 Å². The summed E-state index contributed by atoms with van der Waals surface area (Å²) in [4.78, 5) is 15.9. The number of rotatable bonds is 3. The van der Waals surface area contributed by atoms with Crippen LogP contribution in [0.3, 0.4) is 0 Å². The number of carbonyl (C=O) groups excluding carboxylic acids is 1. The molecule has 2 aromatic rings. The number of benzene rings is 1. The molecule has 98 valence electrons. The van der Waals surface area contributed by atoms with E-state index in [0.717, 1.165) is 0 Å². The molecule has 0 saturated carbocycles. The van der Waals surface area contributed by atoms with E-state index in [1.165, 1.54) is 0 Å². The number of para-hydroxylation sites is 2. The van der Waals surface area contributed by atoms with Crippen molar-refractivity contribution in [2.24, 2.45) is 0 Å². The van der Waals surface area contributed by atoms with E-state index >= 15 is 0 Å². The van der Waals surface area contributed by atoms with E-state index in [1.807, 2.05) is 12.1 Å². The number of aromatic nitrogens is 1. The van der Waals surface area contributed by atoms with Gasteiger partial charge in [0.2, 0.25) is 0 Å². The minimum absolute atomic E-state index is 0.380. The summed E-state index contributed by atoms with van der Waals surface area (Å²) in [6.07, 6.45) is 0. The highest BCUT2D eigenvalue weighted by atomic mass is 79.9. The zero-order valence-electron chi connectivity index (χ0n) is 10.2. The zero-order valence-corrected chi connectivity index (χ0v) is 11.8. The van der Waals surface area contributed by atoms with Gasteiger partial charge in [-0.2, -0.15) is 0 Å². The maximum atomic E-state index is 11.8. The first kappa shape index (κ1) is 13.4. The molecule has 0 aliphatic heterocycles. The third-order valence-corrected chi connectivity index (χ3v) is 2.75. The van der Waals surface area contributed by atoms with Gasteiger partial charge in [-0.05, 0) is 40.2 Å². The van der Waals surface area contributed by atoms with E-state index in [0.29, 0.717) is 21.9 Å². The second kappa shape index (κ2) is 6.19. The number of anilines is 2. The Balaban J connectivity index is 2.05. The van der Waals surface area contributed by atoms with Crippen molar-refractivity contribution in [1.82, 2.24) is 4.98 Å². The minimum atomic E-state index is -0.380. The second-order valence-electron chi connectivity index (χ2n) is 3.62. The number of nitrogens with one attached hydrogen (secondary N) is 2. The summed E-state index contributed by atoms with van der Waals surface area (Å²) in [7, 11) is 1.55. The van der Waals surface area contributed by atoms with Gasteiger partial charge in [-0.25, -0.2) is 9.78 Å². The molecule has 2 N–H and O–H groups in total. The van der Waals surface area contributed by atoms with E-state index in [-0.39, 0.29) is 6.03 Å². The summed E-state index contributed by atoms with van der Waals surface area (Å²) in [6.45, 7) is 0. The van der Waals surface area contributed by atoms with Crippen LogP contribution in [0, 0.1) is 0 Å². The Hall–Kier alpha value is -2.08. The molecule has 1 aromatic carbocycles. The molecule has 5 nitrogen and oxygen atoms in total. The quantitative estimate of drug-likeness (QED) is 0.850. The number of nitrogens with zero attached hydrogens (tertiary/aromatic N) is 1. The van der Waals surface area contributed by atoms with Crippen molar-refractivity contribution in [1.29, 1.82) is 0 Å². The maximum absolute atomic E-state index is 11.8. The number of methoxy groups -OCH3 is 1. The summed E-state index contributed by atoms with van der Waals surface area (Å²) < 4.78 is 5.81. The Kier molecular flexibility index (Phi) is 4.35. The fourth-order valence-electron chi connectivity index (χ4n) is 1.50. The van der Waals surface area contributed by atoms with Crippen LogP contribution < -0.4 is 15.4 Å². The lowest BCUT2D eigenvalue weighted by molar-refractivity contribution is 0.262. The van der Waals surface area contributed by atoms with Crippen LogP contribution in [0.2, 0.25) is 0 Å². The molecular formula is C13H12BrN3O2. The predicted molar refractivity (Wildman–Crippen MR) is 77.6 cm³/mol. The van der Waals surface area contributed by atoms with Crippen LogP contribution in [0.15, 0.2) is 47.1 Å². The number of ether oxygens (including phenoxy) is 1. The van der Waals surface area contributed by atoms with Crippen LogP contribution in [0.1, 0.15) is 0 Å². The molecule has 6 heteroatoms. The highest BCUT2D eigenvalue weighted by Crippen LogP contribution is 2.23. The molecule has 0 bridgehead atoms. The molecule has 0 radical (unpaired) electrons. The molecule has 19 heavy (non-hydrogen) atoms. The maximum Gasteiger partial charge on any atom is 0.324 e. The van der Waals surface area contributed by atoms with Gasteiger partial charge in [0.25, 0.3) is 0 Å². The molecule has 2 amide bonds. The first-order valence-electron chi connectivity index (χ1n) is 5.52. The number of hydrogen-bond acceptors (Lipinski definition) is 3. The van der Waals surface area contributed by atoms with Crippen molar-refractivity contribution >= 4 is 33.5 Å². The zero-order chi connectivity index (χ0) is 13.7. The average Bonchev–Trinajstić information content (AvgIpc) is 2.39. The summed E-state index contributed by atoms with van der Waals surface area (Å²) in [5.41, 5.74) is 0.595. The Morgan fingerprint density at radius 1 is 1.16 bits per heavy atom. The fraction of sp³-hybridized carbons (Fsp3) is 0.0769. The molecular weight excluding hydrogens is 310 g/mol. The van der Waals surface area contributed by atoms with E-state index in [1.54, 1.807) is 37.4 Å². The lowest BCUT2D eigenvalue weighted by Gasteiger charge is -2.10. The van der Waals surface area contributed by atoms with Gasteiger partial charge in [-0.1, -0.05) is 18.2 Å². The van der Waals surface area contributed by atoms with Crippen molar-refractivity contribution in [2.75, 3.05) is 17.7 Å². The van der Waals surface area contributed by atoms with Gasteiger partial charge in [0.05, 0.1) is 12.8 Å². The molecule has 0 aliphatic carbocycles. The van der Waals surface area contributed by atoms with Crippen molar-refractivity contribution in [2.45, 2.75) is 0 Å². The van der Waals surface area contributed by atoms with Crippen LogP contribution in [0.5, 0.6) is 5.75 Å². The van der Waals surface area contributed by atoms with E-state index in [9.17, 15) is 4.79 Å². The topological polar surface area (TPSA) is 63.2 Å². The van der Waals surface area contributed by atoms with Crippen LogP contribution in [0.4, 0.5) is 16.3 Å². The first-order chi connectivity index (χ1) is 9.19. The number of halogens is 1. The van der Waals surface area contributed by atoms with Crippen LogP contribution >= 0.6 is 15.9 Å². The number of carbonyl (C=O) groups is 1. The third kappa shape index (κ3) is 3.69. The molecule has 0 saturated heterocycles. The Morgan fingerprint density at radius 3 is 2.68 bits per heavy atom. The van der Waals surface area contributed by atoms with Gasteiger partial charge in [-0.3, -0.25) is 5.32 Å². The summed E-state index contributed by atoms with van der Waals surface area (Å²) >= 11 is 3.24. The molecule has 1 aromatic heterocycles. The Morgan fingerprint density at radius 2 is 1.95 bits per heavy atom. The molecule has 2 rings (SSSR count). The predicted octanol–water partition coefficient (Wildman–Crippen LogP) is 3.50. The molecule has 0 aliphatic rings. The molecule has 0 fully saturated rings. The smallest absolute Gasteiger partial charge is 0.324 e. The summed E-state index contributed by atoms with van der Waals surface area (Å²) in [6, 6.07) is 12.1. The fourth-order valence-corrected chi connectivity index (χ4v) is 1.84. The lowest BCUT2D eigenvalue weighted by atomic mass is 10.3. The van der Waals surface area contributed by atoms with Gasteiger partial charge in [0.1, 0.15) is 16.2 Å². The monoisotopic (exact) mass is 321 g/mol. The Labute approximate surface area is 119 Å². The standard InChI is InChI=1S/C13H12BrN3O2/c1-19-10-6-3-2-5-9(10)15-13(18)17-12-8-4-7-11(14)16-12/h2-8H,1H3,(H2,15,16,17,18). The summed E-state index contributed by atoms with van der Waals surface area (Å²) in [5.74, 6) is 1.06. The first-order valence-corrected chi connectivity index (χ1v) is 6.32. The van der Waals surface area contributed by atoms with E-state index in [2.05, 4.69) is 31.5 Å². The molecule has 0 atom stereocenters. The molecule has 0 unspecified atom stereocenters. The van der Waals surface area contributed by atoms with Crippen molar-refractivity contribution in [3.05, 3.63) is 47.1 Å². The Bertz CT molecular complexity index is 590. The van der Waals surface area contributed by atoms with Gasteiger partial charge < -0.3 is 10.1 Å². The van der Waals surface area contributed by atoms with Gasteiger partial charge in [0, 0.05) is 0 Å². The van der Waals surface area contributed by atoms with Crippen molar-refractivity contribution in [3.63, 3.8) is 0 Å². The molecule has 1 heterocycles. The van der Waals surface area contributed by atoms with Crippen molar-refractivity contribution in [3.8, 4) is 5.75 Å². The van der Waals surface area contributed by atoms with Gasteiger partial charge in [0.15, 0.2) is 0 Å². The highest BCUT2D eigenvalue weighted by molar-refractivity contribution is 9.10. The summed E-state index contributed by atoms with van der Waals surface area (Å²) in [5, 5.41) is 5.33. The van der Waals surface area contributed by atoms with Gasteiger partial charge in [-0.15, -0.1) is 0 Å². The van der Waals surface area contributed by atoms with Crippen molar-refractivity contribution < 1.29 is 9.53 Å². The van der Waals surface area contributed by atoms with E-state index < -0.39 is 0 Å². The van der Waals surface area contributed by atoms with Crippen LogP contribution in [-0.4, -0.2) is 18.1 Å². The largest absolute Gasteiger partial charge is 0.495 e. The second-order valence-corrected chi connectivity index (χ2v) is 4.44. The average molecular weight is 322 g/mol. The molecule has 0 spiro atoms. The normalized spacial score (nSPS) is 9.79.